The summed E-state index contributed by atoms with van der Waals surface area (Å²) in [6.45, 7) is 3.82. The van der Waals surface area contributed by atoms with Crippen LogP contribution in [0.2, 0.25) is 0 Å². The van der Waals surface area contributed by atoms with Crippen LogP contribution in [0.15, 0.2) is 110 Å². The first-order chi connectivity index (χ1) is 16.6. The van der Waals surface area contributed by atoms with Gasteiger partial charge in [-0.25, -0.2) is 13.9 Å². The second-order valence-corrected chi connectivity index (χ2v) is 7.94. The summed E-state index contributed by atoms with van der Waals surface area (Å²) in [4.78, 5) is 11.6. The highest BCUT2D eigenvalue weighted by atomic mass is 19.1. The van der Waals surface area contributed by atoms with E-state index in [9.17, 15) is 9.90 Å². The molecule has 34 heavy (non-hydrogen) atoms. The minimum atomic E-state index is -1.33. The Balaban J connectivity index is 2.00. The van der Waals surface area contributed by atoms with Crippen LogP contribution >= 0.6 is 0 Å². The van der Waals surface area contributed by atoms with E-state index in [0.717, 1.165) is 16.7 Å². The smallest absolute Gasteiger partial charge is 0.338 e. The van der Waals surface area contributed by atoms with E-state index in [1.54, 1.807) is 10.7 Å². The van der Waals surface area contributed by atoms with Crippen LogP contribution in [0.25, 0.3) is 17.0 Å². The topological polar surface area (TPSA) is 55.1 Å². The summed E-state index contributed by atoms with van der Waals surface area (Å²) in [5.41, 5.74) is 2.16. The number of halogens is 1. The molecule has 0 aliphatic heterocycles. The second-order valence-electron chi connectivity index (χ2n) is 7.94. The van der Waals surface area contributed by atoms with E-state index in [4.69, 9.17) is 5.10 Å². The fraction of sp³-hybridized carbons (Fsp3) is 0.0345. The van der Waals surface area contributed by atoms with Gasteiger partial charge in [0.15, 0.2) is 0 Å². The molecule has 4 aromatic carbocycles. The average molecular weight is 448 g/mol. The van der Waals surface area contributed by atoms with Crippen molar-refractivity contribution in [3.63, 3.8) is 0 Å². The Morgan fingerprint density at radius 2 is 1.29 bits per heavy atom. The molecule has 0 fully saturated rings. The summed E-state index contributed by atoms with van der Waals surface area (Å²) in [7, 11) is 0. The Morgan fingerprint density at radius 1 is 0.824 bits per heavy atom. The van der Waals surface area contributed by atoms with Crippen LogP contribution in [0.1, 0.15) is 32.7 Å². The molecule has 0 spiro atoms. The van der Waals surface area contributed by atoms with Crippen molar-refractivity contribution in [1.29, 1.82) is 0 Å². The lowest BCUT2D eigenvalue weighted by atomic mass is 9.77. The van der Waals surface area contributed by atoms with E-state index in [0.29, 0.717) is 5.52 Å². The molecule has 0 amide bonds. The fourth-order valence-electron chi connectivity index (χ4n) is 4.67. The lowest BCUT2D eigenvalue weighted by molar-refractivity contribution is 0.0692. The van der Waals surface area contributed by atoms with E-state index in [2.05, 4.69) is 6.58 Å². The highest BCUT2D eigenvalue weighted by molar-refractivity contribution is 5.97. The lowest BCUT2D eigenvalue weighted by Gasteiger charge is -2.37. The van der Waals surface area contributed by atoms with Gasteiger partial charge in [0.2, 0.25) is 0 Å². The van der Waals surface area contributed by atoms with Crippen molar-refractivity contribution in [2.24, 2.45) is 0 Å². The highest BCUT2D eigenvalue weighted by Gasteiger charge is 2.41. The minimum Gasteiger partial charge on any atom is -0.478 e. The molecule has 0 aliphatic rings. The number of carboxylic acids is 1. The fourth-order valence-corrected chi connectivity index (χ4v) is 4.67. The van der Waals surface area contributed by atoms with Gasteiger partial charge in [-0.15, -0.1) is 0 Å². The quantitative estimate of drug-likeness (QED) is 0.308. The van der Waals surface area contributed by atoms with Crippen LogP contribution in [0.3, 0.4) is 0 Å². The molecule has 0 atom stereocenters. The number of rotatable bonds is 6. The zero-order chi connectivity index (χ0) is 23.7. The largest absolute Gasteiger partial charge is 0.478 e. The maximum atomic E-state index is 15.5. The van der Waals surface area contributed by atoms with Crippen molar-refractivity contribution in [2.45, 2.75) is 5.54 Å². The van der Waals surface area contributed by atoms with Crippen molar-refractivity contribution in [1.82, 2.24) is 9.78 Å². The van der Waals surface area contributed by atoms with Gasteiger partial charge in [-0.1, -0.05) is 97.6 Å². The molecule has 0 aliphatic carbocycles. The molecule has 4 nitrogen and oxygen atoms in total. The number of hydrogen-bond acceptors (Lipinski definition) is 2. The Labute approximate surface area is 196 Å². The van der Waals surface area contributed by atoms with Gasteiger partial charge in [0.25, 0.3) is 0 Å². The molecule has 5 aromatic rings. The Bertz CT molecular complexity index is 1400. The summed E-state index contributed by atoms with van der Waals surface area (Å²) in [5, 5.41) is 14.5. The summed E-state index contributed by atoms with van der Waals surface area (Å²) >= 11 is 0. The molecule has 0 unspecified atom stereocenters. The number of fused-ring (bicyclic) bond motifs is 1. The number of carboxylic acid groups (broad SMARTS) is 1. The molecule has 0 saturated carbocycles. The van der Waals surface area contributed by atoms with Crippen LogP contribution in [0.4, 0.5) is 4.39 Å². The van der Waals surface area contributed by atoms with E-state index >= 15 is 4.39 Å². The first-order valence-corrected chi connectivity index (χ1v) is 10.8. The molecule has 0 saturated heterocycles. The summed E-state index contributed by atoms with van der Waals surface area (Å²) < 4.78 is 17.3. The number of hydrogen-bond donors (Lipinski definition) is 1. The predicted molar refractivity (Wildman–Crippen MR) is 131 cm³/mol. The third kappa shape index (κ3) is 3.13. The molecular formula is C29H21FN2O2. The third-order valence-electron chi connectivity index (χ3n) is 6.13. The first-order valence-electron chi connectivity index (χ1n) is 10.8. The van der Waals surface area contributed by atoms with Crippen LogP contribution < -0.4 is 0 Å². The zero-order valence-electron chi connectivity index (χ0n) is 18.2. The number of benzene rings is 4. The molecule has 0 radical (unpaired) electrons. The maximum absolute atomic E-state index is 15.5. The molecular weight excluding hydrogens is 427 g/mol. The number of nitrogens with zero attached hydrogens (tertiary/aromatic N) is 2. The van der Waals surface area contributed by atoms with Crippen LogP contribution in [0, 0.1) is 5.82 Å². The van der Waals surface area contributed by atoms with Crippen molar-refractivity contribution in [3.8, 4) is 0 Å². The molecule has 5 rings (SSSR count). The summed E-state index contributed by atoms with van der Waals surface area (Å²) in [6.07, 6.45) is 1.46. The number of aromatic carboxylic acids is 1. The van der Waals surface area contributed by atoms with E-state index in [-0.39, 0.29) is 11.1 Å². The van der Waals surface area contributed by atoms with E-state index in [1.807, 2.05) is 91.0 Å². The lowest BCUT2D eigenvalue weighted by Crippen LogP contribution is -2.38. The number of carbonyl (C=O) groups is 1. The van der Waals surface area contributed by atoms with Gasteiger partial charge >= 0.3 is 5.97 Å². The van der Waals surface area contributed by atoms with Gasteiger partial charge in [0.1, 0.15) is 11.4 Å². The maximum Gasteiger partial charge on any atom is 0.338 e. The van der Waals surface area contributed by atoms with E-state index < -0.39 is 22.9 Å². The average Bonchev–Trinajstić information content (AvgIpc) is 3.26. The highest BCUT2D eigenvalue weighted by Crippen LogP contribution is 2.43. The SMILES string of the molecule is C=Cc1nn(C(c2ccccc2)(c2ccccc2)c2ccccc2)c2ccc(C(=O)O)c(F)c12. The van der Waals surface area contributed by atoms with Crippen molar-refractivity contribution in [3.05, 3.63) is 143 Å². The van der Waals surface area contributed by atoms with Crippen LogP contribution in [-0.2, 0) is 5.54 Å². The molecule has 166 valence electrons. The van der Waals surface area contributed by atoms with Crippen LogP contribution in [-0.4, -0.2) is 20.9 Å². The zero-order valence-corrected chi connectivity index (χ0v) is 18.2. The monoisotopic (exact) mass is 448 g/mol. The van der Waals surface area contributed by atoms with Crippen molar-refractivity contribution >= 4 is 22.9 Å². The standard InChI is InChI=1S/C29H21FN2O2/c1-2-24-26-25(19-18-23(27(26)30)28(33)34)32(31-24)29(20-12-6-3-7-13-20,21-14-8-4-9-15-21)22-16-10-5-11-17-22/h2-19H,1H2,(H,33,34). The summed E-state index contributed by atoms with van der Waals surface area (Å²) in [6, 6.07) is 32.6. The Morgan fingerprint density at radius 3 is 1.71 bits per heavy atom. The predicted octanol–water partition coefficient (Wildman–Crippen LogP) is 6.36. The van der Waals surface area contributed by atoms with E-state index in [1.165, 1.54) is 12.1 Å². The number of aromatic nitrogens is 2. The second kappa shape index (κ2) is 8.45. The summed E-state index contributed by atoms with van der Waals surface area (Å²) in [5.74, 6) is -2.16. The third-order valence-corrected chi connectivity index (χ3v) is 6.13. The van der Waals surface area contributed by atoms with Crippen molar-refractivity contribution < 1.29 is 14.3 Å². The molecule has 0 bridgehead atoms. The van der Waals surface area contributed by atoms with Crippen molar-refractivity contribution in [2.75, 3.05) is 0 Å². The molecule has 5 heteroatoms. The first kappa shape index (κ1) is 21.3. The normalized spacial score (nSPS) is 11.4. The molecule has 1 heterocycles. The van der Waals surface area contributed by atoms with Gasteiger partial charge in [0.05, 0.1) is 22.2 Å². The van der Waals surface area contributed by atoms with Gasteiger partial charge in [-0.2, -0.15) is 5.10 Å². The molecule has 1 N–H and O–H groups in total. The van der Waals surface area contributed by atoms with Gasteiger partial charge in [0, 0.05) is 0 Å². The Kier molecular flexibility index (Phi) is 5.30. The van der Waals surface area contributed by atoms with Crippen LogP contribution in [0.5, 0.6) is 0 Å². The molecule has 1 aromatic heterocycles. The van der Waals surface area contributed by atoms with Gasteiger partial charge in [-0.3, -0.25) is 0 Å². The van der Waals surface area contributed by atoms with Gasteiger partial charge < -0.3 is 5.11 Å². The van der Waals surface area contributed by atoms with Gasteiger partial charge in [-0.05, 0) is 34.9 Å². The Hall–Kier alpha value is -4.51. The minimum absolute atomic E-state index is 0.127.